The van der Waals surface area contributed by atoms with Gasteiger partial charge in [0.2, 0.25) is 10.0 Å². The number of hydrogen-bond donors (Lipinski definition) is 2. The van der Waals surface area contributed by atoms with Gasteiger partial charge < -0.3 is 10.2 Å². The molecule has 11 heteroatoms. The summed E-state index contributed by atoms with van der Waals surface area (Å²) in [6.07, 6.45) is -1.64. The third-order valence-corrected chi connectivity index (χ3v) is 6.58. The van der Waals surface area contributed by atoms with E-state index >= 15 is 0 Å². The largest absolute Gasteiger partial charge is 0.416 e. The summed E-state index contributed by atoms with van der Waals surface area (Å²) in [5.41, 5.74) is 0.914. The number of alkyl halides is 3. The van der Waals surface area contributed by atoms with E-state index in [0.29, 0.717) is 34.9 Å². The number of thiocarbonyl (C=S) groups is 1. The van der Waals surface area contributed by atoms with E-state index in [2.05, 4.69) is 10.0 Å². The van der Waals surface area contributed by atoms with Gasteiger partial charge in [-0.1, -0.05) is 31.3 Å². The number of halogens is 4. The van der Waals surface area contributed by atoms with Gasteiger partial charge in [0.1, 0.15) is 5.82 Å². The number of nitrogens with one attached hydrogen (secondary N) is 2. The summed E-state index contributed by atoms with van der Waals surface area (Å²) in [5.74, 6) is -1.13. The average molecular weight is 504 g/mol. The highest BCUT2D eigenvalue weighted by Crippen LogP contribution is 2.35. The molecule has 0 saturated carbocycles. The van der Waals surface area contributed by atoms with Crippen LogP contribution in [-0.4, -0.2) is 32.8 Å². The highest BCUT2D eigenvalue weighted by molar-refractivity contribution is 7.92. The minimum atomic E-state index is -4.42. The lowest BCUT2D eigenvalue weighted by atomic mass is 10.00. The van der Waals surface area contributed by atoms with Crippen molar-refractivity contribution in [2.45, 2.75) is 38.4 Å². The number of nitrogens with zero attached hydrogens (tertiary/aromatic N) is 1. The number of hydrogen-bond acceptors (Lipinski definition) is 4. The highest BCUT2D eigenvalue weighted by Gasteiger charge is 2.32. The van der Waals surface area contributed by atoms with Crippen LogP contribution in [0.1, 0.15) is 42.4 Å². The minimum Gasteiger partial charge on any atom is -0.375 e. The zero-order valence-corrected chi connectivity index (χ0v) is 19.8. The van der Waals surface area contributed by atoms with E-state index in [-0.39, 0.29) is 12.2 Å². The summed E-state index contributed by atoms with van der Waals surface area (Å²) >= 11 is 5.45. The Bertz CT molecular complexity index is 1130. The van der Waals surface area contributed by atoms with Gasteiger partial charge >= 0.3 is 6.18 Å². The van der Waals surface area contributed by atoms with Crippen LogP contribution in [-0.2, 0) is 22.7 Å². The molecule has 1 heterocycles. The van der Waals surface area contributed by atoms with Crippen molar-refractivity contribution in [1.29, 1.82) is 0 Å². The third-order valence-electron chi connectivity index (χ3n) is 5.49. The minimum absolute atomic E-state index is 0.160. The molecule has 2 aromatic rings. The van der Waals surface area contributed by atoms with Crippen LogP contribution in [0.3, 0.4) is 0 Å². The second-order valence-electron chi connectivity index (χ2n) is 8.09. The van der Waals surface area contributed by atoms with Crippen molar-refractivity contribution in [3.05, 3.63) is 58.9 Å². The summed E-state index contributed by atoms with van der Waals surface area (Å²) in [6, 6.07) is 7.81. The van der Waals surface area contributed by atoms with Gasteiger partial charge in [0, 0.05) is 31.2 Å². The van der Waals surface area contributed by atoms with E-state index in [4.69, 9.17) is 12.2 Å². The summed E-state index contributed by atoms with van der Waals surface area (Å²) in [7, 11) is -3.61. The SMILES string of the molecule is CC(C(=S)NCc1ccc(C(F)(F)F)cc1N1CCCC1)c1ccc(NS(C)(=O)=O)c(F)c1. The molecule has 1 unspecified atom stereocenters. The molecular formula is C22H25F4N3O2S2. The zero-order chi connectivity index (χ0) is 24.4. The normalized spacial score (nSPS) is 15.4. The van der Waals surface area contributed by atoms with Gasteiger partial charge in [-0.2, -0.15) is 13.2 Å². The van der Waals surface area contributed by atoms with Crippen LogP contribution >= 0.6 is 12.2 Å². The lowest BCUT2D eigenvalue weighted by Crippen LogP contribution is -2.28. The quantitative estimate of drug-likeness (QED) is 0.410. The number of anilines is 2. The van der Waals surface area contributed by atoms with Gasteiger partial charge in [0.25, 0.3) is 0 Å². The van der Waals surface area contributed by atoms with Crippen LogP contribution in [0.2, 0.25) is 0 Å². The first kappa shape index (κ1) is 25.2. The fourth-order valence-electron chi connectivity index (χ4n) is 3.71. The molecule has 0 bridgehead atoms. The molecule has 0 amide bonds. The van der Waals surface area contributed by atoms with Crippen molar-refractivity contribution in [1.82, 2.24) is 5.32 Å². The number of benzene rings is 2. The molecule has 0 radical (unpaired) electrons. The van der Waals surface area contributed by atoms with E-state index in [0.717, 1.165) is 25.2 Å². The van der Waals surface area contributed by atoms with Crippen molar-refractivity contribution in [3.63, 3.8) is 0 Å². The molecule has 0 aromatic heterocycles. The Balaban J connectivity index is 1.74. The molecule has 3 rings (SSSR count). The maximum Gasteiger partial charge on any atom is 0.416 e. The van der Waals surface area contributed by atoms with Gasteiger partial charge in [0.05, 0.1) is 22.5 Å². The summed E-state index contributed by atoms with van der Waals surface area (Å²) in [5, 5.41) is 3.08. The van der Waals surface area contributed by atoms with Crippen molar-refractivity contribution in [2.75, 3.05) is 29.0 Å². The highest BCUT2D eigenvalue weighted by atomic mass is 32.2. The summed E-state index contributed by atoms with van der Waals surface area (Å²) < 4.78 is 78.7. The van der Waals surface area contributed by atoms with Crippen molar-refractivity contribution < 1.29 is 26.0 Å². The average Bonchev–Trinajstić information content (AvgIpc) is 3.26. The molecule has 33 heavy (non-hydrogen) atoms. The van der Waals surface area contributed by atoms with Gasteiger partial charge in [-0.3, -0.25) is 4.72 Å². The smallest absolute Gasteiger partial charge is 0.375 e. The predicted octanol–water partition coefficient (Wildman–Crippen LogP) is 5.04. The molecule has 2 aromatic carbocycles. The maximum absolute atomic E-state index is 14.3. The van der Waals surface area contributed by atoms with E-state index in [1.807, 2.05) is 4.90 Å². The maximum atomic E-state index is 14.3. The Labute approximate surface area is 196 Å². The Hall–Kier alpha value is -2.40. The molecule has 0 aliphatic carbocycles. The van der Waals surface area contributed by atoms with Gasteiger partial charge in [-0.05, 0) is 48.2 Å². The monoisotopic (exact) mass is 503 g/mol. The first-order chi connectivity index (χ1) is 15.3. The van der Waals surface area contributed by atoms with Crippen molar-refractivity contribution in [3.8, 4) is 0 Å². The summed E-state index contributed by atoms with van der Waals surface area (Å²) in [4.78, 5) is 2.34. The number of sulfonamides is 1. The molecule has 5 nitrogen and oxygen atoms in total. The molecular weight excluding hydrogens is 478 g/mol. The molecule has 180 valence electrons. The zero-order valence-electron chi connectivity index (χ0n) is 18.2. The fraction of sp³-hybridized carbons (Fsp3) is 0.409. The fourth-order valence-corrected chi connectivity index (χ4v) is 4.49. The Morgan fingerprint density at radius 3 is 2.39 bits per heavy atom. The first-order valence-electron chi connectivity index (χ1n) is 10.3. The van der Waals surface area contributed by atoms with Crippen LogP contribution in [0.15, 0.2) is 36.4 Å². The van der Waals surface area contributed by atoms with Gasteiger partial charge in [-0.15, -0.1) is 0 Å². The van der Waals surface area contributed by atoms with E-state index in [1.165, 1.54) is 24.3 Å². The second kappa shape index (κ2) is 9.84. The van der Waals surface area contributed by atoms with Crippen molar-refractivity contribution in [2.24, 2.45) is 0 Å². The Morgan fingerprint density at radius 2 is 1.82 bits per heavy atom. The van der Waals surface area contributed by atoms with Crippen LogP contribution in [0.25, 0.3) is 0 Å². The van der Waals surface area contributed by atoms with Crippen molar-refractivity contribution >= 4 is 38.6 Å². The van der Waals surface area contributed by atoms with Crippen LogP contribution in [0.4, 0.5) is 28.9 Å². The lowest BCUT2D eigenvalue weighted by molar-refractivity contribution is -0.137. The molecule has 0 spiro atoms. The lowest BCUT2D eigenvalue weighted by Gasteiger charge is -2.24. The van der Waals surface area contributed by atoms with Crippen LogP contribution < -0.4 is 14.9 Å². The third kappa shape index (κ3) is 6.57. The van der Waals surface area contributed by atoms with E-state index < -0.39 is 33.5 Å². The molecule has 1 aliphatic heterocycles. The van der Waals surface area contributed by atoms with Gasteiger partial charge in [0.15, 0.2) is 0 Å². The molecule has 1 atom stereocenters. The molecule has 1 fully saturated rings. The van der Waals surface area contributed by atoms with Crippen LogP contribution in [0, 0.1) is 5.82 Å². The second-order valence-corrected chi connectivity index (χ2v) is 10.3. The Morgan fingerprint density at radius 1 is 1.15 bits per heavy atom. The number of rotatable bonds is 7. The molecule has 1 saturated heterocycles. The van der Waals surface area contributed by atoms with Crippen LogP contribution in [0.5, 0.6) is 0 Å². The summed E-state index contributed by atoms with van der Waals surface area (Å²) in [6.45, 7) is 3.38. The van der Waals surface area contributed by atoms with E-state index in [9.17, 15) is 26.0 Å². The standard InChI is InChI=1S/C22H25F4N3O2S2/c1-14(15-6-8-19(18(23)11-15)28-33(2,30)31)21(32)27-13-16-5-7-17(22(24,25)26)12-20(16)29-9-3-4-10-29/h5-8,11-12,14,28H,3-4,9-10,13H2,1-2H3,(H,27,32). The molecule has 1 aliphatic rings. The molecule has 2 N–H and O–H groups in total. The topological polar surface area (TPSA) is 61.4 Å². The van der Waals surface area contributed by atoms with E-state index in [1.54, 1.807) is 13.0 Å². The first-order valence-corrected chi connectivity index (χ1v) is 12.6. The van der Waals surface area contributed by atoms with Gasteiger partial charge in [-0.25, -0.2) is 12.8 Å². The predicted molar refractivity (Wildman–Crippen MR) is 126 cm³/mol. The Kier molecular flexibility index (Phi) is 7.52.